The summed E-state index contributed by atoms with van der Waals surface area (Å²) >= 11 is 0.846. The SMILES string of the molecule is CCCN1c2cc(F)c(/C=C3/SC(=O)N(CCOc4ccc(C)cc4)C3=O)cc2C(C)CC1(C)C. The molecular weight excluding hydrogens is 463 g/mol. The lowest BCUT2D eigenvalue weighted by molar-refractivity contribution is -0.123. The fourth-order valence-corrected chi connectivity index (χ4v) is 5.86. The number of rotatable bonds is 7. The molecule has 0 saturated carbocycles. The molecule has 2 heterocycles. The van der Waals surface area contributed by atoms with Gasteiger partial charge in [-0.05, 0) is 87.2 Å². The van der Waals surface area contributed by atoms with Crippen molar-refractivity contribution >= 4 is 34.7 Å². The summed E-state index contributed by atoms with van der Waals surface area (Å²) in [6.45, 7) is 11.9. The van der Waals surface area contributed by atoms with Crippen molar-refractivity contribution in [2.45, 2.75) is 58.9 Å². The Morgan fingerprint density at radius 2 is 1.89 bits per heavy atom. The number of benzene rings is 2. The molecule has 2 aromatic carbocycles. The van der Waals surface area contributed by atoms with E-state index >= 15 is 4.39 Å². The average Bonchev–Trinajstić information content (AvgIpc) is 3.06. The maximum absolute atomic E-state index is 15.3. The Morgan fingerprint density at radius 3 is 2.57 bits per heavy atom. The van der Waals surface area contributed by atoms with Crippen LogP contribution in [0.2, 0.25) is 0 Å². The zero-order valence-corrected chi connectivity index (χ0v) is 21.9. The summed E-state index contributed by atoms with van der Waals surface area (Å²) in [4.78, 5) is 29.1. The molecule has 2 aliphatic heterocycles. The molecule has 35 heavy (non-hydrogen) atoms. The number of hydrogen-bond acceptors (Lipinski definition) is 5. The van der Waals surface area contributed by atoms with E-state index in [9.17, 15) is 9.59 Å². The van der Waals surface area contributed by atoms with Crippen molar-refractivity contribution in [1.82, 2.24) is 4.90 Å². The Kier molecular flexibility index (Phi) is 7.27. The van der Waals surface area contributed by atoms with Crippen molar-refractivity contribution in [3.8, 4) is 5.75 Å². The maximum Gasteiger partial charge on any atom is 0.293 e. The second kappa shape index (κ2) is 10.1. The van der Waals surface area contributed by atoms with Crippen molar-refractivity contribution in [1.29, 1.82) is 0 Å². The van der Waals surface area contributed by atoms with Gasteiger partial charge in [0.15, 0.2) is 0 Å². The van der Waals surface area contributed by atoms with Crippen LogP contribution in [0.5, 0.6) is 5.75 Å². The first-order chi connectivity index (χ1) is 16.6. The van der Waals surface area contributed by atoms with E-state index in [1.165, 1.54) is 6.08 Å². The minimum Gasteiger partial charge on any atom is -0.492 e. The van der Waals surface area contributed by atoms with E-state index in [-0.39, 0.29) is 40.6 Å². The Labute approximate surface area is 211 Å². The molecule has 0 aliphatic carbocycles. The van der Waals surface area contributed by atoms with Crippen LogP contribution in [0.15, 0.2) is 41.3 Å². The van der Waals surface area contributed by atoms with Gasteiger partial charge in [-0.25, -0.2) is 4.39 Å². The van der Waals surface area contributed by atoms with Crippen molar-refractivity contribution in [3.63, 3.8) is 0 Å². The van der Waals surface area contributed by atoms with Crippen LogP contribution in [0.4, 0.5) is 14.9 Å². The first kappa shape index (κ1) is 25.3. The fourth-order valence-electron chi connectivity index (χ4n) is 5.00. The topological polar surface area (TPSA) is 49.9 Å². The zero-order chi connectivity index (χ0) is 25.3. The normalized spacial score (nSPS) is 20.5. The number of halogens is 1. The third kappa shape index (κ3) is 5.25. The van der Waals surface area contributed by atoms with Gasteiger partial charge in [-0.15, -0.1) is 0 Å². The van der Waals surface area contributed by atoms with Gasteiger partial charge in [-0.1, -0.05) is 31.5 Å². The van der Waals surface area contributed by atoms with Crippen LogP contribution in [0.3, 0.4) is 0 Å². The summed E-state index contributed by atoms with van der Waals surface area (Å²) in [7, 11) is 0. The number of amides is 2. The van der Waals surface area contributed by atoms with E-state index in [1.54, 1.807) is 6.07 Å². The molecular formula is C28H33FN2O3S. The van der Waals surface area contributed by atoms with Gasteiger partial charge in [0, 0.05) is 23.3 Å². The monoisotopic (exact) mass is 496 g/mol. The lowest BCUT2D eigenvalue weighted by atomic mass is 9.79. The number of carbonyl (C=O) groups excluding carboxylic acids is 2. The van der Waals surface area contributed by atoms with Crippen molar-refractivity contribution in [3.05, 3.63) is 63.8 Å². The number of fused-ring (bicyclic) bond motifs is 1. The lowest BCUT2D eigenvalue weighted by Gasteiger charge is -2.47. The number of nitrogens with zero attached hydrogens (tertiary/aromatic N) is 2. The summed E-state index contributed by atoms with van der Waals surface area (Å²) in [6.07, 6.45) is 3.45. The average molecular weight is 497 g/mol. The van der Waals surface area contributed by atoms with Crippen LogP contribution in [0, 0.1) is 12.7 Å². The van der Waals surface area contributed by atoms with Crippen LogP contribution in [0.1, 0.15) is 63.1 Å². The molecule has 0 spiro atoms. The molecule has 1 unspecified atom stereocenters. The number of imide groups is 1. The molecule has 5 nitrogen and oxygen atoms in total. The molecule has 186 valence electrons. The van der Waals surface area contributed by atoms with Crippen LogP contribution in [0.25, 0.3) is 6.08 Å². The summed E-state index contributed by atoms with van der Waals surface area (Å²) in [5.74, 6) is 0.147. The largest absolute Gasteiger partial charge is 0.492 e. The summed E-state index contributed by atoms with van der Waals surface area (Å²) in [6, 6.07) is 11.0. The Balaban J connectivity index is 1.52. The second-order valence-electron chi connectivity index (χ2n) is 10.00. The molecule has 0 N–H and O–H groups in total. The summed E-state index contributed by atoms with van der Waals surface area (Å²) in [5.41, 5.74) is 3.41. The van der Waals surface area contributed by atoms with E-state index in [0.717, 1.165) is 52.9 Å². The standard InChI is InChI=1S/C28H33FN2O3S/c1-6-11-31-24-16-23(29)20(14-22(24)19(3)17-28(31,4)5)15-25-26(32)30(27(33)35-25)12-13-34-21-9-7-18(2)8-10-21/h7-10,14-16,19H,6,11-13,17H2,1-5H3/b25-15+. The molecule has 4 rings (SSSR count). The predicted octanol–water partition coefficient (Wildman–Crippen LogP) is 6.75. The molecule has 1 atom stereocenters. The first-order valence-electron chi connectivity index (χ1n) is 12.2. The number of ether oxygens (including phenoxy) is 1. The van der Waals surface area contributed by atoms with Gasteiger partial charge in [0.25, 0.3) is 11.1 Å². The summed E-state index contributed by atoms with van der Waals surface area (Å²) in [5, 5.41) is -0.364. The third-order valence-corrected chi connectivity index (χ3v) is 7.62. The molecule has 2 aromatic rings. The van der Waals surface area contributed by atoms with Gasteiger partial charge >= 0.3 is 0 Å². The number of anilines is 1. The minimum atomic E-state index is -0.411. The van der Waals surface area contributed by atoms with Crippen LogP contribution < -0.4 is 9.64 Å². The van der Waals surface area contributed by atoms with Crippen molar-refractivity contribution < 1.29 is 18.7 Å². The number of hydrogen-bond donors (Lipinski definition) is 0. The van der Waals surface area contributed by atoms with Gasteiger partial charge in [0.2, 0.25) is 0 Å². The van der Waals surface area contributed by atoms with Gasteiger partial charge in [-0.2, -0.15) is 0 Å². The molecule has 0 aromatic heterocycles. The van der Waals surface area contributed by atoms with Crippen LogP contribution >= 0.6 is 11.8 Å². The van der Waals surface area contributed by atoms with Crippen LogP contribution in [-0.4, -0.2) is 41.3 Å². The highest BCUT2D eigenvalue weighted by atomic mass is 32.2. The Bertz CT molecular complexity index is 1160. The fraction of sp³-hybridized carbons (Fsp3) is 0.429. The quantitative estimate of drug-likeness (QED) is 0.397. The second-order valence-corrected chi connectivity index (χ2v) is 11.0. The number of thioether (sulfide) groups is 1. The third-order valence-electron chi connectivity index (χ3n) is 6.72. The highest BCUT2D eigenvalue weighted by molar-refractivity contribution is 8.18. The zero-order valence-electron chi connectivity index (χ0n) is 21.1. The molecule has 7 heteroatoms. The van der Waals surface area contributed by atoms with E-state index in [0.29, 0.717) is 11.3 Å². The number of carbonyl (C=O) groups is 2. The smallest absolute Gasteiger partial charge is 0.293 e. The Morgan fingerprint density at radius 1 is 1.17 bits per heavy atom. The molecule has 2 amide bonds. The van der Waals surface area contributed by atoms with E-state index in [4.69, 9.17) is 4.74 Å². The molecule has 1 fully saturated rings. The van der Waals surface area contributed by atoms with Crippen molar-refractivity contribution in [2.24, 2.45) is 0 Å². The van der Waals surface area contributed by atoms with Crippen LogP contribution in [-0.2, 0) is 4.79 Å². The summed E-state index contributed by atoms with van der Waals surface area (Å²) < 4.78 is 20.9. The van der Waals surface area contributed by atoms with Gasteiger partial charge < -0.3 is 9.64 Å². The highest BCUT2D eigenvalue weighted by Crippen LogP contribution is 2.45. The van der Waals surface area contributed by atoms with Gasteiger partial charge in [-0.3, -0.25) is 14.5 Å². The molecule has 0 bridgehead atoms. The van der Waals surface area contributed by atoms with Crippen molar-refractivity contribution in [2.75, 3.05) is 24.6 Å². The lowest BCUT2D eigenvalue weighted by Crippen LogP contribution is -2.48. The van der Waals surface area contributed by atoms with Gasteiger partial charge in [0.05, 0.1) is 11.4 Å². The number of aryl methyl sites for hydroxylation is 1. The molecule has 2 aliphatic rings. The molecule has 0 radical (unpaired) electrons. The Hall–Kier alpha value is -2.80. The van der Waals surface area contributed by atoms with E-state index in [1.807, 2.05) is 37.3 Å². The van der Waals surface area contributed by atoms with Gasteiger partial charge in [0.1, 0.15) is 18.2 Å². The van der Waals surface area contributed by atoms with E-state index < -0.39 is 5.91 Å². The first-order valence-corrected chi connectivity index (χ1v) is 13.0. The maximum atomic E-state index is 15.3. The minimum absolute atomic E-state index is 0.0559. The highest BCUT2D eigenvalue weighted by Gasteiger charge is 2.38. The van der Waals surface area contributed by atoms with E-state index in [2.05, 4.69) is 32.6 Å². The predicted molar refractivity (Wildman–Crippen MR) is 140 cm³/mol. The molecule has 1 saturated heterocycles.